The van der Waals surface area contributed by atoms with Crippen molar-refractivity contribution >= 4 is 10.9 Å². The van der Waals surface area contributed by atoms with Gasteiger partial charge in [0.2, 0.25) is 0 Å². The Morgan fingerprint density at radius 2 is 0.821 bits per heavy atom. The lowest BCUT2D eigenvalue weighted by molar-refractivity contribution is 1.14. The Morgan fingerprint density at radius 1 is 0.359 bits per heavy atom. The zero-order valence-corrected chi connectivity index (χ0v) is 21.5. The molecular formula is C38H27N. The van der Waals surface area contributed by atoms with Crippen LogP contribution in [0.4, 0.5) is 0 Å². The summed E-state index contributed by atoms with van der Waals surface area (Å²) in [5, 5.41) is 1.24. The minimum absolute atomic E-state index is 1.15. The van der Waals surface area contributed by atoms with E-state index in [9.17, 15) is 0 Å². The van der Waals surface area contributed by atoms with Gasteiger partial charge in [-0.05, 0) is 52.1 Å². The Morgan fingerprint density at radius 3 is 1.38 bits per heavy atom. The summed E-state index contributed by atoms with van der Waals surface area (Å²) >= 11 is 0. The summed E-state index contributed by atoms with van der Waals surface area (Å²) in [5.74, 6) is 0. The molecule has 0 fully saturated rings. The number of hydrogen-bond donors (Lipinski definition) is 0. The maximum Gasteiger partial charge on any atom is 0.0620 e. The van der Waals surface area contributed by atoms with Crippen molar-refractivity contribution in [3.05, 3.63) is 164 Å². The summed E-state index contributed by atoms with van der Waals surface area (Å²) in [4.78, 5) is 0. The molecule has 1 heterocycles. The summed E-state index contributed by atoms with van der Waals surface area (Å²) in [6.45, 7) is 0. The first-order valence-corrected chi connectivity index (χ1v) is 13.4. The summed E-state index contributed by atoms with van der Waals surface area (Å²) in [5.41, 5.74) is 12.0. The van der Waals surface area contributed by atoms with Crippen LogP contribution < -0.4 is 0 Å². The summed E-state index contributed by atoms with van der Waals surface area (Å²) < 4.78 is 2.46. The standard InChI is InChI=1S/C38H27N/c1-6-16-28(17-7-1)32-26-34(29-18-8-2-9-19-29)38-35(27-32)36(30-20-10-3-11-21-30)37(31-22-12-4-13-23-31)39(38)33-24-14-5-15-25-33/h1-27H. The second-order valence-corrected chi connectivity index (χ2v) is 9.78. The number of para-hydroxylation sites is 1. The fraction of sp³-hybridized carbons (Fsp3) is 0. The maximum atomic E-state index is 2.46. The number of hydrogen-bond acceptors (Lipinski definition) is 0. The highest BCUT2D eigenvalue weighted by molar-refractivity contribution is 6.12. The van der Waals surface area contributed by atoms with E-state index in [0.717, 1.165) is 5.69 Å². The molecule has 0 aliphatic heterocycles. The van der Waals surface area contributed by atoms with Crippen LogP contribution in [0.2, 0.25) is 0 Å². The van der Waals surface area contributed by atoms with Gasteiger partial charge in [-0.3, -0.25) is 0 Å². The molecule has 1 heteroatoms. The molecule has 1 aromatic heterocycles. The molecule has 7 rings (SSSR count). The van der Waals surface area contributed by atoms with Gasteiger partial charge in [-0.2, -0.15) is 0 Å². The molecule has 0 spiro atoms. The maximum absolute atomic E-state index is 2.46. The van der Waals surface area contributed by atoms with E-state index in [-0.39, 0.29) is 0 Å². The third-order valence-corrected chi connectivity index (χ3v) is 7.38. The predicted molar refractivity (Wildman–Crippen MR) is 165 cm³/mol. The quantitative estimate of drug-likeness (QED) is 0.223. The Labute approximate surface area is 229 Å². The van der Waals surface area contributed by atoms with Crippen LogP contribution in [0.3, 0.4) is 0 Å². The molecule has 0 aliphatic carbocycles. The minimum Gasteiger partial charge on any atom is -0.308 e. The Hall–Kier alpha value is -5.14. The highest BCUT2D eigenvalue weighted by Gasteiger charge is 2.24. The number of benzene rings is 6. The van der Waals surface area contributed by atoms with Gasteiger partial charge in [0.15, 0.2) is 0 Å². The molecule has 184 valence electrons. The fourth-order valence-electron chi connectivity index (χ4n) is 5.65. The largest absolute Gasteiger partial charge is 0.308 e. The smallest absolute Gasteiger partial charge is 0.0620 e. The molecule has 0 saturated heterocycles. The topological polar surface area (TPSA) is 4.93 Å². The van der Waals surface area contributed by atoms with Crippen molar-refractivity contribution in [1.29, 1.82) is 0 Å². The normalized spacial score (nSPS) is 11.1. The zero-order chi connectivity index (χ0) is 26.0. The fourth-order valence-corrected chi connectivity index (χ4v) is 5.65. The van der Waals surface area contributed by atoms with Crippen LogP contribution in [0.1, 0.15) is 0 Å². The van der Waals surface area contributed by atoms with Crippen LogP contribution in [-0.4, -0.2) is 4.57 Å². The van der Waals surface area contributed by atoms with Gasteiger partial charge in [-0.1, -0.05) is 140 Å². The average molecular weight is 498 g/mol. The van der Waals surface area contributed by atoms with Crippen LogP contribution in [0.15, 0.2) is 164 Å². The number of rotatable bonds is 5. The van der Waals surface area contributed by atoms with Gasteiger partial charge < -0.3 is 4.57 Å². The third kappa shape index (κ3) is 4.15. The lowest BCUT2D eigenvalue weighted by Gasteiger charge is -2.15. The summed E-state index contributed by atoms with van der Waals surface area (Å²) in [6.07, 6.45) is 0. The van der Waals surface area contributed by atoms with E-state index < -0.39 is 0 Å². The molecule has 0 atom stereocenters. The zero-order valence-electron chi connectivity index (χ0n) is 21.5. The van der Waals surface area contributed by atoms with Gasteiger partial charge in [-0.25, -0.2) is 0 Å². The lowest BCUT2D eigenvalue weighted by atomic mass is 9.92. The molecule has 0 amide bonds. The van der Waals surface area contributed by atoms with E-state index in [4.69, 9.17) is 0 Å². The van der Waals surface area contributed by atoms with Gasteiger partial charge in [0.25, 0.3) is 0 Å². The SMILES string of the molecule is c1ccc(-c2cc(-c3ccccc3)c3c(c2)c(-c2ccccc2)c(-c2ccccc2)n3-c2ccccc2)cc1. The monoisotopic (exact) mass is 497 g/mol. The molecule has 6 aromatic carbocycles. The van der Waals surface area contributed by atoms with Crippen molar-refractivity contribution in [3.63, 3.8) is 0 Å². The van der Waals surface area contributed by atoms with Crippen molar-refractivity contribution in [2.45, 2.75) is 0 Å². The second-order valence-electron chi connectivity index (χ2n) is 9.78. The number of aromatic nitrogens is 1. The summed E-state index contributed by atoms with van der Waals surface area (Å²) in [6, 6.07) is 58.6. The average Bonchev–Trinajstić information content (AvgIpc) is 3.38. The molecule has 0 saturated carbocycles. The van der Waals surface area contributed by atoms with Crippen LogP contribution in [0, 0.1) is 0 Å². The third-order valence-electron chi connectivity index (χ3n) is 7.38. The first-order valence-electron chi connectivity index (χ1n) is 13.4. The second kappa shape index (κ2) is 9.96. The Balaban J connectivity index is 1.72. The molecule has 0 bridgehead atoms. The van der Waals surface area contributed by atoms with Crippen molar-refractivity contribution in [2.24, 2.45) is 0 Å². The first kappa shape index (κ1) is 23.0. The van der Waals surface area contributed by atoms with Crippen LogP contribution in [0.25, 0.3) is 61.2 Å². The predicted octanol–water partition coefficient (Wildman–Crippen LogP) is 10.3. The van der Waals surface area contributed by atoms with Gasteiger partial charge in [0, 0.05) is 22.2 Å². The summed E-state index contributed by atoms with van der Waals surface area (Å²) in [7, 11) is 0. The van der Waals surface area contributed by atoms with Gasteiger partial charge >= 0.3 is 0 Å². The van der Waals surface area contributed by atoms with E-state index in [1.807, 2.05) is 0 Å². The van der Waals surface area contributed by atoms with E-state index in [2.05, 4.69) is 168 Å². The van der Waals surface area contributed by atoms with Gasteiger partial charge in [0.1, 0.15) is 0 Å². The highest BCUT2D eigenvalue weighted by Crippen LogP contribution is 2.47. The van der Waals surface area contributed by atoms with E-state index in [0.29, 0.717) is 0 Å². The Bertz CT molecular complexity index is 1850. The molecule has 7 aromatic rings. The van der Waals surface area contributed by atoms with E-state index in [1.165, 1.54) is 55.5 Å². The molecule has 0 radical (unpaired) electrons. The first-order chi connectivity index (χ1) is 19.4. The van der Waals surface area contributed by atoms with Crippen LogP contribution in [-0.2, 0) is 0 Å². The minimum atomic E-state index is 1.15. The number of nitrogens with zero attached hydrogens (tertiary/aromatic N) is 1. The highest BCUT2D eigenvalue weighted by atomic mass is 15.0. The number of fused-ring (bicyclic) bond motifs is 1. The van der Waals surface area contributed by atoms with Crippen molar-refractivity contribution in [3.8, 4) is 50.3 Å². The van der Waals surface area contributed by atoms with Crippen LogP contribution >= 0.6 is 0 Å². The molecule has 0 unspecified atom stereocenters. The van der Waals surface area contributed by atoms with Crippen LogP contribution in [0.5, 0.6) is 0 Å². The van der Waals surface area contributed by atoms with E-state index >= 15 is 0 Å². The van der Waals surface area contributed by atoms with Gasteiger partial charge in [0.05, 0.1) is 11.2 Å². The Kier molecular flexibility index (Phi) is 5.88. The van der Waals surface area contributed by atoms with E-state index in [1.54, 1.807) is 0 Å². The van der Waals surface area contributed by atoms with Gasteiger partial charge in [-0.15, -0.1) is 0 Å². The molecular weight excluding hydrogens is 470 g/mol. The van der Waals surface area contributed by atoms with Crippen molar-refractivity contribution < 1.29 is 0 Å². The van der Waals surface area contributed by atoms with Crippen molar-refractivity contribution in [2.75, 3.05) is 0 Å². The molecule has 0 aliphatic rings. The van der Waals surface area contributed by atoms with Crippen molar-refractivity contribution in [1.82, 2.24) is 4.57 Å². The molecule has 39 heavy (non-hydrogen) atoms. The molecule has 0 N–H and O–H groups in total. The molecule has 1 nitrogen and oxygen atoms in total. The lowest BCUT2D eigenvalue weighted by Crippen LogP contribution is -1.98.